The molecule has 1 aliphatic heterocycles. The molecule has 1 aromatic heterocycles. The number of carbonyl (C=O) groups excluding carboxylic acids is 1. The van der Waals surface area contributed by atoms with Crippen LogP contribution in [-0.4, -0.2) is 24.4 Å². The van der Waals surface area contributed by atoms with Crippen molar-refractivity contribution in [3.8, 4) is 11.1 Å². The number of aromatic nitrogens is 1. The van der Waals surface area contributed by atoms with Crippen molar-refractivity contribution in [3.63, 3.8) is 0 Å². The molecule has 2 aromatic carbocycles. The van der Waals surface area contributed by atoms with E-state index in [1.807, 2.05) is 18.2 Å². The van der Waals surface area contributed by atoms with Crippen LogP contribution >= 0.6 is 0 Å². The number of nitrogens with zero attached hydrogens (tertiary/aromatic N) is 2. The molecule has 142 valence electrons. The van der Waals surface area contributed by atoms with Gasteiger partial charge in [-0.3, -0.25) is 4.79 Å². The first-order valence-corrected chi connectivity index (χ1v) is 9.73. The fourth-order valence-corrected chi connectivity index (χ4v) is 4.10. The Bertz CT molecular complexity index is 984. The van der Waals surface area contributed by atoms with Gasteiger partial charge in [0.25, 0.3) is 0 Å². The normalized spacial score (nSPS) is 16.4. The van der Waals surface area contributed by atoms with Gasteiger partial charge in [-0.05, 0) is 53.3 Å². The number of rotatable bonds is 5. The van der Waals surface area contributed by atoms with Gasteiger partial charge in [-0.15, -0.1) is 0 Å². The lowest BCUT2D eigenvalue weighted by Gasteiger charge is -2.18. The lowest BCUT2D eigenvalue weighted by Crippen LogP contribution is -2.20. The number of anilines is 1. The van der Waals surface area contributed by atoms with Gasteiger partial charge < -0.3 is 4.90 Å². The highest BCUT2D eigenvalue weighted by Crippen LogP contribution is 2.34. The number of aryl methyl sites for hydroxylation is 1. The van der Waals surface area contributed by atoms with Crippen LogP contribution in [0.1, 0.15) is 40.7 Å². The molecular formula is C24H23FN2O. The third-order valence-corrected chi connectivity index (χ3v) is 5.59. The fraction of sp³-hybridized carbons (Fsp3) is 0.250. The minimum atomic E-state index is -0.328. The topological polar surface area (TPSA) is 33.2 Å². The number of benzene rings is 2. The zero-order valence-corrected chi connectivity index (χ0v) is 15.9. The van der Waals surface area contributed by atoms with Gasteiger partial charge in [0, 0.05) is 24.6 Å². The lowest BCUT2D eigenvalue weighted by molar-refractivity contribution is 0.112. The smallest absolute Gasteiger partial charge is 0.150 e. The zero-order chi connectivity index (χ0) is 19.5. The van der Waals surface area contributed by atoms with Crippen LogP contribution in [0.25, 0.3) is 11.1 Å². The van der Waals surface area contributed by atoms with E-state index in [4.69, 9.17) is 0 Å². The zero-order valence-electron chi connectivity index (χ0n) is 15.9. The highest BCUT2D eigenvalue weighted by atomic mass is 19.1. The molecule has 0 amide bonds. The molecule has 0 bridgehead atoms. The minimum absolute atomic E-state index is 0.266. The van der Waals surface area contributed by atoms with Crippen LogP contribution in [0.15, 0.2) is 60.8 Å². The Balaban J connectivity index is 1.60. The molecule has 0 N–H and O–H groups in total. The van der Waals surface area contributed by atoms with Crippen molar-refractivity contribution in [1.82, 2.24) is 4.98 Å². The number of hydrogen-bond donors (Lipinski definition) is 0. The average molecular weight is 374 g/mol. The Labute approximate surface area is 164 Å². The molecule has 0 radical (unpaired) electrons. The number of carbonyl (C=O) groups is 1. The first-order chi connectivity index (χ1) is 13.7. The summed E-state index contributed by atoms with van der Waals surface area (Å²) >= 11 is 0. The maximum absolute atomic E-state index is 13.1. The summed E-state index contributed by atoms with van der Waals surface area (Å²) in [5.41, 5.74) is 5.38. The Kier molecular flexibility index (Phi) is 5.20. The van der Waals surface area contributed by atoms with Gasteiger partial charge in [0.1, 0.15) is 17.9 Å². The maximum Gasteiger partial charge on any atom is 0.150 e. The van der Waals surface area contributed by atoms with Crippen LogP contribution in [0.2, 0.25) is 0 Å². The van der Waals surface area contributed by atoms with E-state index >= 15 is 0 Å². The van der Waals surface area contributed by atoms with Crippen LogP contribution in [0.3, 0.4) is 0 Å². The summed E-state index contributed by atoms with van der Waals surface area (Å²) in [6.07, 6.45) is 4.12. The van der Waals surface area contributed by atoms with E-state index < -0.39 is 0 Å². The monoisotopic (exact) mass is 374 g/mol. The van der Waals surface area contributed by atoms with E-state index in [2.05, 4.69) is 41.1 Å². The molecule has 1 fully saturated rings. The highest BCUT2D eigenvalue weighted by molar-refractivity contribution is 5.82. The van der Waals surface area contributed by atoms with Crippen molar-refractivity contribution in [2.24, 2.45) is 0 Å². The number of aldehydes is 1. The SMILES string of the molecule is CCc1ccccc1-c1ccc(C2CCN(c3ccc(F)cn3)C2)c(C=O)c1. The molecule has 1 unspecified atom stereocenters. The summed E-state index contributed by atoms with van der Waals surface area (Å²) in [5.74, 6) is 0.721. The van der Waals surface area contributed by atoms with Crippen molar-refractivity contribution in [2.45, 2.75) is 25.7 Å². The van der Waals surface area contributed by atoms with Gasteiger partial charge in [0.2, 0.25) is 0 Å². The third kappa shape index (κ3) is 3.55. The van der Waals surface area contributed by atoms with Crippen molar-refractivity contribution in [1.29, 1.82) is 0 Å². The standard InChI is InChI=1S/C24H23FN2O/c1-2-17-5-3-4-6-22(17)18-7-9-23(20(13-18)16-28)19-11-12-27(15-19)24-10-8-21(25)14-26-24/h3-10,13-14,16,19H,2,11-12,15H2,1H3. The van der Waals surface area contributed by atoms with E-state index in [0.29, 0.717) is 0 Å². The summed E-state index contributed by atoms with van der Waals surface area (Å²) in [4.78, 5) is 18.2. The van der Waals surface area contributed by atoms with Gasteiger partial charge in [0.15, 0.2) is 0 Å². The first-order valence-electron chi connectivity index (χ1n) is 9.73. The van der Waals surface area contributed by atoms with E-state index in [1.165, 1.54) is 23.4 Å². The molecule has 1 atom stereocenters. The molecule has 1 aliphatic rings. The van der Waals surface area contributed by atoms with Crippen molar-refractivity contribution in [3.05, 3.63) is 83.3 Å². The van der Waals surface area contributed by atoms with Crippen LogP contribution in [0, 0.1) is 5.82 Å². The summed E-state index contributed by atoms with van der Waals surface area (Å²) in [6, 6.07) is 17.7. The van der Waals surface area contributed by atoms with Gasteiger partial charge >= 0.3 is 0 Å². The van der Waals surface area contributed by atoms with Gasteiger partial charge in [0.05, 0.1) is 6.20 Å². The molecular weight excluding hydrogens is 351 g/mol. The van der Waals surface area contributed by atoms with E-state index in [1.54, 1.807) is 6.07 Å². The molecule has 0 aliphatic carbocycles. The molecule has 4 rings (SSSR count). The molecule has 0 saturated carbocycles. The molecule has 2 heterocycles. The highest BCUT2D eigenvalue weighted by Gasteiger charge is 2.26. The van der Waals surface area contributed by atoms with Crippen LogP contribution in [0.4, 0.5) is 10.2 Å². The predicted octanol–water partition coefficient (Wildman–Crippen LogP) is 5.26. The van der Waals surface area contributed by atoms with Crippen LogP contribution < -0.4 is 4.90 Å². The summed E-state index contributed by atoms with van der Waals surface area (Å²) in [7, 11) is 0. The third-order valence-electron chi connectivity index (χ3n) is 5.59. The second-order valence-electron chi connectivity index (χ2n) is 7.24. The molecule has 3 aromatic rings. The van der Waals surface area contributed by atoms with E-state index in [0.717, 1.165) is 54.7 Å². The van der Waals surface area contributed by atoms with Crippen molar-refractivity contribution >= 4 is 12.1 Å². The predicted molar refractivity (Wildman–Crippen MR) is 110 cm³/mol. The van der Waals surface area contributed by atoms with Crippen LogP contribution in [0.5, 0.6) is 0 Å². The number of halogens is 1. The average Bonchev–Trinajstić information content (AvgIpc) is 3.23. The molecule has 3 nitrogen and oxygen atoms in total. The Morgan fingerprint density at radius 1 is 1.18 bits per heavy atom. The second kappa shape index (κ2) is 7.93. The van der Waals surface area contributed by atoms with E-state index in [9.17, 15) is 9.18 Å². The van der Waals surface area contributed by atoms with Gasteiger partial charge in [-0.1, -0.05) is 43.3 Å². The minimum Gasteiger partial charge on any atom is -0.356 e. The quantitative estimate of drug-likeness (QED) is 0.572. The fourth-order valence-electron chi connectivity index (χ4n) is 4.10. The Hall–Kier alpha value is -3.01. The Morgan fingerprint density at radius 3 is 2.79 bits per heavy atom. The maximum atomic E-state index is 13.1. The summed E-state index contributed by atoms with van der Waals surface area (Å²) < 4.78 is 13.1. The number of hydrogen-bond acceptors (Lipinski definition) is 3. The molecule has 28 heavy (non-hydrogen) atoms. The van der Waals surface area contributed by atoms with Crippen molar-refractivity contribution < 1.29 is 9.18 Å². The number of pyridine rings is 1. The lowest BCUT2D eigenvalue weighted by atomic mass is 9.90. The second-order valence-corrected chi connectivity index (χ2v) is 7.24. The van der Waals surface area contributed by atoms with Crippen molar-refractivity contribution in [2.75, 3.05) is 18.0 Å². The molecule has 1 saturated heterocycles. The summed E-state index contributed by atoms with van der Waals surface area (Å²) in [5, 5.41) is 0. The first kappa shape index (κ1) is 18.4. The molecule has 4 heteroatoms. The summed E-state index contributed by atoms with van der Waals surface area (Å²) in [6.45, 7) is 3.77. The Morgan fingerprint density at radius 2 is 2.04 bits per heavy atom. The van der Waals surface area contributed by atoms with Crippen LogP contribution in [-0.2, 0) is 6.42 Å². The largest absolute Gasteiger partial charge is 0.356 e. The van der Waals surface area contributed by atoms with Gasteiger partial charge in [-0.2, -0.15) is 0 Å². The van der Waals surface area contributed by atoms with Gasteiger partial charge in [-0.25, -0.2) is 9.37 Å². The van der Waals surface area contributed by atoms with E-state index in [-0.39, 0.29) is 11.7 Å². The molecule has 0 spiro atoms.